The highest BCUT2D eigenvalue weighted by atomic mass is 16.5. The van der Waals surface area contributed by atoms with E-state index in [-0.39, 0.29) is 5.91 Å². The van der Waals surface area contributed by atoms with E-state index in [1.54, 1.807) is 0 Å². The van der Waals surface area contributed by atoms with E-state index < -0.39 is 6.10 Å². The highest BCUT2D eigenvalue weighted by Gasteiger charge is 2.21. The van der Waals surface area contributed by atoms with Gasteiger partial charge in [0.25, 0.3) is 5.91 Å². The summed E-state index contributed by atoms with van der Waals surface area (Å²) in [4.78, 5) is 21.1. The van der Waals surface area contributed by atoms with Crippen LogP contribution in [0.5, 0.6) is 0 Å². The fourth-order valence-electron chi connectivity index (χ4n) is 3.28. The molecule has 0 unspecified atom stereocenters. The van der Waals surface area contributed by atoms with Gasteiger partial charge in [-0.2, -0.15) is 0 Å². The highest BCUT2D eigenvalue weighted by molar-refractivity contribution is 5.91. The van der Waals surface area contributed by atoms with Gasteiger partial charge in [-0.3, -0.25) is 14.6 Å². The molecule has 0 radical (unpaired) electrons. The molecular weight excluding hydrogens is 372 g/mol. The van der Waals surface area contributed by atoms with Crippen LogP contribution in [0.15, 0.2) is 41.0 Å². The molecule has 0 saturated carbocycles. The van der Waals surface area contributed by atoms with Crippen LogP contribution in [0.1, 0.15) is 28.9 Å². The van der Waals surface area contributed by atoms with Crippen LogP contribution in [0, 0.1) is 0 Å². The Morgan fingerprint density at radius 2 is 1.97 bits per heavy atom. The monoisotopic (exact) mass is 402 g/mol. The van der Waals surface area contributed by atoms with Crippen molar-refractivity contribution in [2.24, 2.45) is 0 Å². The van der Waals surface area contributed by atoms with Crippen molar-refractivity contribution in [3.8, 4) is 0 Å². The summed E-state index contributed by atoms with van der Waals surface area (Å²) in [6.07, 6.45) is 0.959. The lowest BCUT2D eigenvalue weighted by atomic mass is 10.2. The number of hydrogen-bond acceptors (Lipinski definition) is 7. The maximum atomic E-state index is 12.3. The summed E-state index contributed by atoms with van der Waals surface area (Å²) < 4.78 is 10.8. The minimum Gasteiger partial charge on any atom is -0.447 e. The molecule has 2 N–H and O–H groups in total. The van der Waals surface area contributed by atoms with Crippen LogP contribution in [0.4, 0.5) is 0 Å². The number of piperazine rings is 1. The molecule has 3 rings (SSSR count). The number of carbonyl (C=O) groups excluding carboxylic acids is 1. The Bertz CT molecular complexity index is 744. The zero-order valence-electron chi connectivity index (χ0n) is 16.9. The smallest absolute Gasteiger partial charge is 0.273 e. The van der Waals surface area contributed by atoms with Crippen LogP contribution in [0.25, 0.3) is 0 Å². The molecule has 158 valence electrons. The topological polar surface area (TPSA) is 91.1 Å². The molecule has 2 aromatic rings. The summed E-state index contributed by atoms with van der Waals surface area (Å²) in [6, 6.07) is 9.75. The zero-order valence-corrected chi connectivity index (χ0v) is 16.9. The number of benzene rings is 1. The molecule has 1 atom stereocenters. The fourth-order valence-corrected chi connectivity index (χ4v) is 3.28. The summed E-state index contributed by atoms with van der Waals surface area (Å²) in [5.74, 6) is 0.302. The molecule has 8 heteroatoms. The lowest BCUT2D eigenvalue weighted by Crippen LogP contribution is -2.48. The summed E-state index contributed by atoms with van der Waals surface area (Å²) >= 11 is 0. The number of oxazole rings is 1. The van der Waals surface area contributed by atoms with Crippen molar-refractivity contribution in [2.45, 2.75) is 26.1 Å². The SMILES string of the molecule is CCOC[C@@H](O)CN1CCN(Cc2nc(C(=O)NCc3ccccc3)co2)CC1. The zero-order chi connectivity index (χ0) is 20.5. The van der Waals surface area contributed by atoms with E-state index in [0.717, 1.165) is 31.7 Å². The van der Waals surface area contributed by atoms with Gasteiger partial charge in [0.05, 0.1) is 19.3 Å². The predicted molar refractivity (Wildman–Crippen MR) is 108 cm³/mol. The Hall–Kier alpha value is -2.26. The highest BCUT2D eigenvalue weighted by Crippen LogP contribution is 2.10. The van der Waals surface area contributed by atoms with E-state index in [0.29, 0.717) is 44.4 Å². The molecule has 1 aromatic carbocycles. The molecule has 0 spiro atoms. The quantitative estimate of drug-likeness (QED) is 0.615. The van der Waals surface area contributed by atoms with Crippen LogP contribution in [0.3, 0.4) is 0 Å². The Labute approximate surface area is 171 Å². The minimum absolute atomic E-state index is 0.239. The maximum absolute atomic E-state index is 12.3. The number of nitrogens with zero attached hydrogens (tertiary/aromatic N) is 3. The second-order valence-corrected chi connectivity index (χ2v) is 7.18. The van der Waals surface area contributed by atoms with Crippen molar-refractivity contribution < 1.29 is 19.1 Å². The summed E-state index contributed by atoms with van der Waals surface area (Å²) in [5.41, 5.74) is 1.34. The molecule has 29 heavy (non-hydrogen) atoms. The van der Waals surface area contributed by atoms with Crippen molar-refractivity contribution >= 4 is 5.91 Å². The van der Waals surface area contributed by atoms with Crippen LogP contribution < -0.4 is 5.32 Å². The van der Waals surface area contributed by atoms with Gasteiger partial charge < -0.3 is 19.6 Å². The maximum Gasteiger partial charge on any atom is 0.273 e. The summed E-state index contributed by atoms with van der Waals surface area (Å²) in [5, 5.41) is 12.8. The molecule has 2 heterocycles. The molecule has 0 bridgehead atoms. The number of carbonyl (C=O) groups is 1. The van der Waals surface area contributed by atoms with Crippen molar-refractivity contribution in [3.05, 3.63) is 53.7 Å². The number of rotatable bonds is 10. The van der Waals surface area contributed by atoms with Gasteiger partial charge in [0, 0.05) is 45.9 Å². The van der Waals surface area contributed by atoms with Gasteiger partial charge in [-0.05, 0) is 12.5 Å². The van der Waals surface area contributed by atoms with Gasteiger partial charge >= 0.3 is 0 Å². The molecule has 1 aromatic heterocycles. The minimum atomic E-state index is -0.454. The second-order valence-electron chi connectivity index (χ2n) is 7.18. The number of ether oxygens (including phenoxy) is 1. The van der Waals surface area contributed by atoms with Crippen molar-refractivity contribution in [1.29, 1.82) is 0 Å². The fraction of sp³-hybridized carbons (Fsp3) is 0.524. The van der Waals surface area contributed by atoms with Crippen molar-refractivity contribution in [1.82, 2.24) is 20.1 Å². The standard InChI is InChI=1S/C21H30N4O4/c1-2-28-15-18(26)13-24-8-10-25(11-9-24)14-20-23-19(16-29-20)21(27)22-12-17-6-4-3-5-7-17/h3-7,16,18,26H,2,8-15H2,1H3,(H,22,27)/t18-/m0/s1. The number of amides is 1. The second kappa shape index (κ2) is 11.1. The van der Waals surface area contributed by atoms with E-state index in [4.69, 9.17) is 9.15 Å². The first-order valence-electron chi connectivity index (χ1n) is 10.1. The van der Waals surface area contributed by atoms with Crippen LogP contribution in [-0.2, 0) is 17.8 Å². The Kier molecular flexibility index (Phi) is 8.18. The molecule has 1 saturated heterocycles. The summed E-state index contributed by atoms with van der Waals surface area (Å²) in [6.45, 7) is 8.03. The van der Waals surface area contributed by atoms with E-state index in [2.05, 4.69) is 20.1 Å². The first-order chi connectivity index (χ1) is 14.1. The van der Waals surface area contributed by atoms with Crippen LogP contribution in [0.2, 0.25) is 0 Å². The first kappa shape index (κ1) is 21.4. The van der Waals surface area contributed by atoms with Gasteiger partial charge in [0.2, 0.25) is 5.89 Å². The van der Waals surface area contributed by atoms with Gasteiger partial charge in [-0.1, -0.05) is 30.3 Å². The normalized spacial score (nSPS) is 16.6. The molecular formula is C21H30N4O4. The predicted octanol–water partition coefficient (Wildman–Crippen LogP) is 1.12. The van der Waals surface area contributed by atoms with E-state index in [1.807, 2.05) is 37.3 Å². The van der Waals surface area contributed by atoms with Crippen LogP contribution >= 0.6 is 0 Å². The third kappa shape index (κ3) is 6.93. The number of hydrogen-bond donors (Lipinski definition) is 2. The lowest BCUT2D eigenvalue weighted by molar-refractivity contribution is 0.00949. The van der Waals surface area contributed by atoms with Gasteiger partial charge in [-0.15, -0.1) is 0 Å². The number of aliphatic hydroxyl groups excluding tert-OH is 1. The Balaban J connectivity index is 1.39. The number of aliphatic hydroxyl groups is 1. The van der Waals surface area contributed by atoms with E-state index >= 15 is 0 Å². The molecule has 0 aliphatic carbocycles. The molecule has 1 aliphatic heterocycles. The Morgan fingerprint density at radius 3 is 2.69 bits per heavy atom. The number of β-amino-alcohol motifs (C(OH)–C–C–N with tert-alkyl or cyclic N) is 1. The molecule has 1 aliphatic rings. The summed E-state index contributed by atoms with van der Waals surface area (Å²) in [7, 11) is 0. The van der Waals surface area contributed by atoms with Crippen molar-refractivity contribution in [2.75, 3.05) is 45.9 Å². The van der Waals surface area contributed by atoms with Gasteiger partial charge in [-0.25, -0.2) is 4.98 Å². The van der Waals surface area contributed by atoms with Gasteiger partial charge in [0.15, 0.2) is 5.69 Å². The first-order valence-corrected chi connectivity index (χ1v) is 10.1. The van der Waals surface area contributed by atoms with E-state index in [9.17, 15) is 9.90 Å². The van der Waals surface area contributed by atoms with Gasteiger partial charge in [0.1, 0.15) is 6.26 Å². The third-order valence-electron chi connectivity index (χ3n) is 4.89. The average molecular weight is 402 g/mol. The molecule has 8 nitrogen and oxygen atoms in total. The Morgan fingerprint density at radius 1 is 1.24 bits per heavy atom. The largest absolute Gasteiger partial charge is 0.447 e. The molecule has 1 amide bonds. The van der Waals surface area contributed by atoms with Crippen molar-refractivity contribution in [3.63, 3.8) is 0 Å². The number of nitrogens with one attached hydrogen (secondary N) is 1. The molecule has 1 fully saturated rings. The number of aromatic nitrogens is 1. The van der Waals surface area contributed by atoms with E-state index in [1.165, 1.54) is 6.26 Å². The average Bonchev–Trinajstić information content (AvgIpc) is 3.21. The van der Waals surface area contributed by atoms with Crippen LogP contribution in [-0.4, -0.2) is 77.8 Å². The lowest BCUT2D eigenvalue weighted by Gasteiger charge is -2.34. The third-order valence-corrected chi connectivity index (χ3v) is 4.89.